The lowest BCUT2D eigenvalue weighted by atomic mass is 10.0. The van der Waals surface area contributed by atoms with Crippen LogP contribution >= 0.6 is 11.3 Å². The SMILES string of the molecule is CC(C)NCc1sccc1S(=O)(=O)NCC1(C2CC2)CC1. The summed E-state index contributed by atoms with van der Waals surface area (Å²) in [7, 11) is -3.37. The topological polar surface area (TPSA) is 58.2 Å². The van der Waals surface area contributed by atoms with Crippen molar-refractivity contribution in [2.24, 2.45) is 11.3 Å². The number of hydrogen-bond acceptors (Lipinski definition) is 4. The van der Waals surface area contributed by atoms with Crippen molar-refractivity contribution in [3.8, 4) is 0 Å². The van der Waals surface area contributed by atoms with Crippen LogP contribution < -0.4 is 10.0 Å². The summed E-state index contributed by atoms with van der Waals surface area (Å²) in [6, 6.07) is 2.07. The molecule has 0 amide bonds. The summed E-state index contributed by atoms with van der Waals surface area (Å²) in [6.45, 7) is 5.35. The van der Waals surface area contributed by atoms with E-state index in [1.165, 1.54) is 37.0 Å². The highest BCUT2D eigenvalue weighted by molar-refractivity contribution is 7.89. The first kappa shape index (κ1) is 15.5. The van der Waals surface area contributed by atoms with Crippen LogP contribution in [-0.2, 0) is 16.6 Å². The Morgan fingerprint density at radius 2 is 2.10 bits per heavy atom. The summed E-state index contributed by atoms with van der Waals surface area (Å²) >= 11 is 1.50. The van der Waals surface area contributed by atoms with E-state index in [1.54, 1.807) is 6.07 Å². The van der Waals surface area contributed by atoms with Crippen molar-refractivity contribution < 1.29 is 8.42 Å². The van der Waals surface area contributed by atoms with Crippen LogP contribution in [0.25, 0.3) is 0 Å². The lowest BCUT2D eigenvalue weighted by Crippen LogP contribution is -2.32. The first-order chi connectivity index (χ1) is 9.93. The van der Waals surface area contributed by atoms with E-state index < -0.39 is 10.0 Å². The molecule has 3 rings (SSSR count). The molecule has 21 heavy (non-hydrogen) atoms. The predicted octanol–water partition coefficient (Wildman–Crippen LogP) is 2.71. The fourth-order valence-corrected chi connectivity index (χ4v) is 5.43. The molecule has 2 aliphatic rings. The fourth-order valence-electron chi connectivity index (χ4n) is 2.90. The Hall–Kier alpha value is -0.430. The third-order valence-electron chi connectivity index (χ3n) is 4.61. The van der Waals surface area contributed by atoms with Crippen LogP contribution in [0.4, 0.5) is 0 Å². The van der Waals surface area contributed by atoms with Crippen LogP contribution in [0.3, 0.4) is 0 Å². The largest absolute Gasteiger partial charge is 0.310 e. The third kappa shape index (κ3) is 3.50. The third-order valence-corrected chi connectivity index (χ3v) is 7.15. The number of nitrogens with one attached hydrogen (secondary N) is 2. The van der Waals surface area contributed by atoms with Crippen molar-refractivity contribution in [1.29, 1.82) is 0 Å². The lowest BCUT2D eigenvalue weighted by Gasteiger charge is -2.15. The van der Waals surface area contributed by atoms with Gasteiger partial charge in [0.05, 0.1) is 4.90 Å². The Labute approximate surface area is 131 Å². The molecule has 1 heterocycles. The quantitative estimate of drug-likeness (QED) is 0.771. The number of rotatable bonds is 8. The first-order valence-corrected chi connectivity index (χ1v) is 10.1. The molecule has 1 aromatic rings. The van der Waals surface area contributed by atoms with Crippen molar-refractivity contribution in [2.45, 2.75) is 57.0 Å². The average Bonchev–Trinajstić information content (AvgIpc) is 3.31. The molecule has 1 aromatic heterocycles. The van der Waals surface area contributed by atoms with Crippen molar-refractivity contribution in [2.75, 3.05) is 6.54 Å². The molecule has 2 saturated carbocycles. The van der Waals surface area contributed by atoms with Gasteiger partial charge in [-0.1, -0.05) is 13.8 Å². The van der Waals surface area contributed by atoms with E-state index in [1.807, 2.05) is 5.38 Å². The molecule has 2 aliphatic carbocycles. The first-order valence-electron chi connectivity index (χ1n) is 7.72. The normalized spacial score (nSPS) is 20.9. The summed E-state index contributed by atoms with van der Waals surface area (Å²) in [5, 5.41) is 5.15. The monoisotopic (exact) mass is 328 g/mol. The minimum absolute atomic E-state index is 0.291. The van der Waals surface area contributed by atoms with Gasteiger partial charge in [0.2, 0.25) is 10.0 Å². The zero-order valence-corrected chi connectivity index (χ0v) is 14.3. The molecule has 0 spiro atoms. The molecular weight excluding hydrogens is 304 g/mol. The van der Waals surface area contributed by atoms with Crippen LogP contribution in [0.1, 0.15) is 44.4 Å². The highest BCUT2D eigenvalue weighted by Crippen LogP contribution is 2.60. The van der Waals surface area contributed by atoms with Crippen LogP contribution in [0.5, 0.6) is 0 Å². The highest BCUT2D eigenvalue weighted by Gasteiger charge is 2.53. The second kappa shape index (κ2) is 5.65. The van der Waals surface area contributed by atoms with E-state index in [0.717, 1.165) is 10.8 Å². The van der Waals surface area contributed by atoms with Gasteiger partial charge in [-0.2, -0.15) is 0 Å². The van der Waals surface area contributed by atoms with Gasteiger partial charge in [-0.05, 0) is 48.5 Å². The number of sulfonamides is 1. The second-order valence-corrected chi connectivity index (χ2v) is 9.44. The van der Waals surface area contributed by atoms with E-state index in [0.29, 0.717) is 29.4 Å². The van der Waals surface area contributed by atoms with Crippen LogP contribution in [0, 0.1) is 11.3 Å². The Kier molecular flexibility index (Phi) is 4.16. The summed E-state index contributed by atoms with van der Waals surface area (Å²) in [5.41, 5.74) is 0.291. The van der Waals surface area contributed by atoms with Crippen LogP contribution in [0.15, 0.2) is 16.3 Å². The van der Waals surface area contributed by atoms with E-state index >= 15 is 0 Å². The number of hydrogen-bond donors (Lipinski definition) is 2. The van der Waals surface area contributed by atoms with E-state index in [4.69, 9.17) is 0 Å². The zero-order valence-electron chi connectivity index (χ0n) is 12.7. The van der Waals surface area contributed by atoms with E-state index in [9.17, 15) is 8.42 Å². The highest BCUT2D eigenvalue weighted by atomic mass is 32.2. The van der Waals surface area contributed by atoms with Crippen molar-refractivity contribution in [1.82, 2.24) is 10.0 Å². The molecule has 0 aliphatic heterocycles. The van der Waals surface area contributed by atoms with E-state index in [2.05, 4.69) is 23.9 Å². The van der Waals surface area contributed by atoms with Gasteiger partial charge in [0.15, 0.2) is 0 Å². The van der Waals surface area contributed by atoms with Crippen molar-refractivity contribution in [3.05, 3.63) is 16.3 Å². The summed E-state index contributed by atoms with van der Waals surface area (Å²) in [6.07, 6.45) is 4.94. The molecule has 118 valence electrons. The standard InChI is InChI=1S/C15H24N2O2S2/c1-11(2)16-9-13-14(5-8-20-13)21(18,19)17-10-15(6-7-15)12-3-4-12/h5,8,11-12,16-17H,3-4,6-7,9-10H2,1-2H3. The summed E-state index contributed by atoms with van der Waals surface area (Å²) < 4.78 is 28.0. The molecular formula is C15H24N2O2S2. The molecule has 0 bridgehead atoms. The number of thiophene rings is 1. The summed E-state index contributed by atoms with van der Waals surface area (Å²) in [4.78, 5) is 1.35. The Morgan fingerprint density at radius 3 is 2.67 bits per heavy atom. The van der Waals surface area contributed by atoms with Gasteiger partial charge < -0.3 is 5.32 Å². The fraction of sp³-hybridized carbons (Fsp3) is 0.733. The lowest BCUT2D eigenvalue weighted by molar-refractivity contribution is 0.431. The van der Waals surface area contributed by atoms with Crippen molar-refractivity contribution in [3.63, 3.8) is 0 Å². The van der Waals surface area contributed by atoms with Gasteiger partial charge in [-0.25, -0.2) is 13.1 Å². The Balaban J connectivity index is 1.65. The van der Waals surface area contributed by atoms with Crippen LogP contribution in [0.2, 0.25) is 0 Å². The van der Waals surface area contributed by atoms with Crippen LogP contribution in [-0.4, -0.2) is 21.0 Å². The molecule has 2 N–H and O–H groups in total. The van der Waals surface area contributed by atoms with Gasteiger partial charge in [-0.15, -0.1) is 11.3 Å². The van der Waals surface area contributed by atoms with E-state index in [-0.39, 0.29) is 0 Å². The maximum atomic E-state index is 12.5. The average molecular weight is 329 g/mol. The maximum Gasteiger partial charge on any atom is 0.241 e. The molecule has 2 fully saturated rings. The molecule has 0 radical (unpaired) electrons. The van der Waals surface area contributed by atoms with Gasteiger partial charge in [0.1, 0.15) is 0 Å². The Morgan fingerprint density at radius 1 is 1.38 bits per heavy atom. The minimum Gasteiger partial charge on any atom is -0.310 e. The molecule has 0 atom stereocenters. The maximum absolute atomic E-state index is 12.5. The van der Waals surface area contributed by atoms with Crippen molar-refractivity contribution >= 4 is 21.4 Å². The van der Waals surface area contributed by atoms with Gasteiger partial charge in [0, 0.05) is 24.0 Å². The molecule has 0 saturated heterocycles. The van der Waals surface area contributed by atoms with Gasteiger partial charge >= 0.3 is 0 Å². The molecule has 4 nitrogen and oxygen atoms in total. The smallest absolute Gasteiger partial charge is 0.241 e. The zero-order chi connectivity index (χ0) is 15.1. The predicted molar refractivity (Wildman–Crippen MR) is 85.9 cm³/mol. The summed E-state index contributed by atoms with van der Waals surface area (Å²) in [5.74, 6) is 0.768. The Bertz CT molecular complexity index is 599. The van der Waals surface area contributed by atoms with Gasteiger partial charge in [-0.3, -0.25) is 0 Å². The second-order valence-electron chi connectivity index (χ2n) is 6.70. The minimum atomic E-state index is -3.37. The molecule has 6 heteroatoms. The molecule has 0 aromatic carbocycles. The van der Waals surface area contributed by atoms with Gasteiger partial charge in [0.25, 0.3) is 0 Å². The molecule has 0 unspecified atom stereocenters.